The van der Waals surface area contributed by atoms with E-state index in [1.54, 1.807) is 26.8 Å². The van der Waals surface area contributed by atoms with Crippen LogP contribution >= 0.6 is 0 Å². The molecule has 0 aromatic carbocycles. The number of aliphatic hydroxyl groups excluding tert-OH is 3. The first-order valence-electron chi connectivity index (χ1n) is 19.3. The maximum absolute atomic E-state index is 13.7. The van der Waals surface area contributed by atoms with E-state index in [0.29, 0.717) is 12.8 Å². The van der Waals surface area contributed by atoms with Crippen LogP contribution in [0.2, 0.25) is 0 Å². The fourth-order valence-corrected chi connectivity index (χ4v) is 8.31. The molecule has 3 saturated heterocycles. The monoisotopic (exact) mass is 771 g/mol. The number of fused-ring (bicyclic) bond motifs is 1. The number of ether oxygens (including phenoxy) is 8. The molecule has 54 heavy (non-hydrogen) atoms. The van der Waals surface area contributed by atoms with E-state index < -0.39 is 103 Å². The van der Waals surface area contributed by atoms with E-state index in [0.717, 1.165) is 6.29 Å². The lowest BCUT2D eigenvalue weighted by Gasteiger charge is -2.42. The van der Waals surface area contributed by atoms with Gasteiger partial charge in [-0.05, 0) is 71.2 Å². The van der Waals surface area contributed by atoms with E-state index in [4.69, 9.17) is 37.9 Å². The highest BCUT2D eigenvalue weighted by Gasteiger charge is 2.56. The standard InChI is InChI=1S/C39H65NO14/c1-20-15-25(12-14-41)26(18-49-32-16-27(40(7)8)33(45)23(4)51-32)21(2)29(43)17-31(44)53-30(22(3)37-39(6,54-37)13-11-28(20)42)19-50-38-36(48-10)35(47-9)34(46)24(5)52-38/h11,13-14,20-27,29-30,32-38,43,45-46H,12,15-19H2,1-10H3. The third-order valence-electron chi connectivity index (χ3n) is 12.2. The number of methoxy groups -OCH3 is 2. The molecular weight excluding hydrogens is 706 g/mol. The molecule has 15 nitrogen and oxygen atoms in total. The van der Waals surface area contributed by atoms with Gasteiger partial charge in [0.2, 0.25) is 0 Å². The first kappa shape index (κ1) is 44.8. The quantitative estimate of drug-likeness (QED) is 0.156. The zero-order valence-electron chi connectivity index (χ0n) is 33.6. The molecule has 3 N–H and O–H groups in total. The molecule has 0 aliphatic carbocycles. The van der Waals surface area contributed by atoms with Gasteiger partial charge in [-0.1, -0.05) is 20.8 Å². The lowest BCUT2D eigenvalue weighted by Crippen LogP contribution is -2.59. The molecule has 0 amide bonds. The highest BCUT2D eigenvalue weighted by atomic mass is 16.7. The maximum Gasteiger partial charge on any atom is 0.308 e. The van der Waals surface area contributed by atoms with E-state index in [-0.39, 0.29) is 43.8 Å². The number of carbonyl (C=O) groups excluding carboxylic acids is 3. The molecule has 0 aromatic heterocycles. The molecular formula is C39H65NO14. The van der Waals surface area contributed by atoms with Crippen LogP contribution in [0.5, 0.6) is 0 Å². The maximum atomic E-state index is 13.7. The summed E-state index contributed by atoms with van der Waals surface area (Å²) in [7, 11) is 6.68. The van der Waals surface area contributed by atoms with Crippen molar-refractivity contribution in [3.05, 3.63) is 12.2 Å². The topological polar surface area (TPSA) is 192 Å². The summed E-state index contributed by atoms with van der Waals surface area (Å²) in [6.07, 6.45) is -3.81. The normalized spacial score (nSPS) is 45.5. The Morgan fingerprint density at radius 3 is 2.20 bits per heavy atom. The van der Waals surface area contributed by atoms with Crippen LogP contribution in [0, 0.1) is 29.6 Å². The molecule has 4 rings (SSSR count). The van der Waals surface area contributed by atoms with Crippen LogP contribution in [0.3, 0.4) is 0 Å². The number of nitrogens with zero attached hydrogens (tertiary/aromatic N) is 1. The predicted octanol–water partition coefficient (Wildman–Crippen LogP) is 1.66. The first-order valence-corrected chi connectivity index (χ1v) is 19.3. The minimum absolute atomic E-state index is 0.0783. The van der Waals surface area contributed by atoms with Crippen LogP contribution in [0.1, 0.15) is 67.2 Å². The number of aliphatic hydroxyl groups is 3. The number of ketones is 1. The summed E-state index contributed by atoms with van der Waals surface area (Å²) in [6, 6.07) is -0.207. The van der Waals surface area contributed by atoms with Crippen molar-refractivity contribution in [2.75, 3.05) is 41.5 Å². The SMILES string of the molecule is COC1C(OCC2OC(=O)CC(O)C(C)C(COC3CC(N(C)C)C(O)C(C)O3)C(CC=O)CC(C)C(=O)C=CC3(C)OC3C2C)OC(C)C(O)C1OC. The molecule has 310 valence electrons. The highest BCUT2D eigenvalue weighted by molar-refractivity contribution is 5.91. The lowest BCUT2D eigenvalue weighted by molar-refractivity contribution is -0.306. The van der Waals surface area contributed by atoms with Gasteiger partial charge in [-0.3, -0.25) is 9.59 Å². The van der Waals surface area contributed by atoms with Crippen LogP contribution in [0.25, 0.3) is 0 Å². The number of likely N-dealkylation sites (N-methyl/N-ethyl adjacent to an activating group) is 1. The zero-order chi connectivity index (χ0) is 40.1. The molecule has 0 radical (unpaired) electrons. The number of aldehydes is 1. The van der Waals surface area contributed by atoms with Crippen molar-refractivity contribution in [1.29, 1.82) is 0 Å². The van der Waals surface area contributed by atoms with E-state index in [1.165, 1.54) is 20.3 Å². The number of esters is 1. The molecule has 18 unspecified atom stereocenters. The molecule has 0 aromatic rings. The van der Waals surface area contributed by atoms with Gasteiger partial charge in [-0.15, -0.1) is 0 Å². The summed E-state index contributed by atoms with van der Waals surface area (Å²) in [4.78, 5) is 41.1. The van der Waals surface area contributed by atoms with E-state index >= 15 is 0 Å². The number of hydrogen-bond acceptors (Lipinski definition) is 15. The lowest BCUT2D eigenvalue weighted by atomic mass is 9.74. The predicted molar refractivity (Wildman–Crippen MR) is 194 cm³/mol. The fraction of sp³-hybridized carbons (Fsp3) is 0.872. The minimum Gasteiger partial charge on any atom is -0.459 e. The van der Waals surface area contributed by atoms with Gasteiger partial charge >= 0.3 is 5.97 Å². The van der Waals surface area contributed by atoms with Crippen LogP contribution in [-0.4, -0.2) is 159 Å². The smallest absolute Gasteiger partial charge is 0.308 e. The van der Waals surface area contributed by atoms with Gasteiger partial charge in [-0.25, -0.2) is 0 Å². The van der Waals surface area contributed by atoms with Crippen LogP contribution in [-0.2, 0) is 52.3 Å². The van der Waals surface area contributed by atoms with Crippen molar-refractivity contribution in [2.24, 2.45) is 29.6 Å². The molecule has 4 heterocycles. The van der Waals surface area contributed by atoms with Crippen molar-refractivity contribution in [3.63, 3.8) is 0 Å². The number of epoxide rings is 1. The number of carbonyl (C=O) groups is 3. The van der Waals surface area contributed by atoms with E-state index in [1.807, 2.05) is 39.8 Å². The van der Waals surface area contributed by atoms with Gasteiger partial charge in [0, 0.05) is 44.9 Å². The molecule has 0 bridgehead atoms. The Balaban J connectivity index is 1.58. The Morgan fingerprint density at radius 1 is 0.907 bits per heavy atom. The van der Waals surface area contributed by atoms with E-state index in [2.05, 4.69) is 0 Å². The Kier molecular flexibility index (Phi) is 16.2. The van der Waals surface area contributed by atoms with Crippen molar-refractivity contribution >= 4 is 18.0 Å². The highest BCUT2D eigenvalue weighted by Crippen LogP contribution is 2.45. The Hall–Kier alpha value is -1.89. The summed E-state index contributed by atoms with van der Waals surface area (Å²) >= 11 is 0. The molecule has 0 spiro atoms. The average molecular weight is 772 g/mol. The van der Waals surface area contributed by atoms with Gasteiger partial charge in [0.1, 0.15) is 36.3 Å². The molecule has 15 heteroatoms. The molecule has 4 aliphatic heterocycles. The number of hydrogen-bond donors (Lipinski definition) is 3. The van der Waals surface area contributed by atoms with Crippen LogP contribution in [0.15, 0.2) is 12.2 Å². The summed E-state index contributed by atoms with van der Waals surface area (Å²) in [6.45, 7) is 10.8. The third-order valence-corrected chi connectivity index (χ3v) is 12.2. The number of rotatable bonds is 11. The first-order chi connectivity index (χ1) is 25.5. The Bertz CT molecular complexity index is 1270. The molecule has 3 fully saturated rings. The van der Waals surface area contributed by atoms with Crippen molar-refractivity contribution in [2.45, 2.75) is 146 Å². The Labute approximate surface area is 319 Å². The van der Waals surface area contributed by atoms with Gasteiger partial charge in [0.05, 0.1) is 50.2 Å². The Morgan fingerprint density at radius 2 is 1.57 bits per heavy atom. The molecule has 18 atom stereocenters. The van der Waals surface area contributed by atoms with Gasteiger partial charge in [0.15, 0.2) is 18.4 Å². The minimum atomic E-state index is -1.19. The summed E-state index contributed by atoms with van der Waals surface area (Å²) in [5.41, 5.74) is -0.811. The fourth-order valence-electron chi connectivity index (χ4n) is 8.31. The summed E-state index contributed by atoms with van der Waals surface area (Å²) in [5.74, 6) is -3.06. The van der Waals surface area contributed by atoms with Crippen molar-refractivity contribution in [3.8, 4) is 0 Å². The second-order valence-electron chi connectivity index (χ2n) is 16.2. The number of allylic oxidation sites excluding steroid dienone is 1. The average Bonchev–Trinajstić information content (AvgIpc) is 3.81. The second-order valence-corrected chi connectivity index (χ2v) is 16.2. The molecule has 0 saturated carbocycles. The van der Waals surface area contributed by atoms with Gasteiger partial charge in [0.25, 0.3) is 0 Å². The second kappa shape index (κ2) is 19.5. The van der Waals surface area contributed by atoms with E-state index in [9.17, 15) is 29.7 Å². The van der Waals surface area contributed by atoms with Gasteiger partial charge < -0.3 is 62.9 Å². The third kappa shape index (κ3) is 10.7. The van der Waals surface area contributed by atoms with Crippen LogP contribution < -0.4 is 0 Å². The van der Waals surface area contributed by atoms with Gasteiger partial charge in [-0.2, -0.15) is 0 Å². The summed E-state index contributed by atoms with van der Waals surface area (Å²) < 4.78 is 47.7. The zero-order valence-corrected chi connectivity index (χ0v) is 33.6. The van der Waals surface area contributed by atoms with Crippen molar-refractivity contribution in [1.82, 2.24) is 4.90 Å². The summed E-state index contributed by atoms with van der Waals surface area (Å²) in [5, 5.41) is 32.9. The molecule has 4 aliphatic rings. The van der Waals surface area contributed by atoms with Crippen LogP contribution in [0.4, 0.5) is 0 Å². The number of cyclic esters (lactones) is 1. The largest absolute Gasteiger partial charge is 0.459 e. The van der Waals surface area contributed by atoms with Crippen molar-refractivity contribution < 1.29 is 67.6 Å².